The Kier molecular flexibility index (Phi) is 5.99. The average Bonchev–Trinajstić information content (AvgIpc) is 2.11. The zero-order valence-electron chi connectivity index (χ0n) is 12.1. The van der Waals surface area contributed by atoms with Crippen molar-refractivity contribution in [3.05, 3.63) is 12.2 Å². The first-order chi connectivity index (χ1) is 7.93. The predicted molar refractivity (Wildman–Crippen MR) is 67.8 cm³/mol. The van der Waals surface area contributed by atoms with Crippen molar-refractivity contribution in [2.24, 2.45) is 0 Å². The topological polar surface area (TPSA) is 65.0 Å². The molecule has 1 atom stereocenters. The van der Waals surface area contributed by atoms with Crippen molar-refractivity contribution in [3.63, 3.8) is 0 Å². The third-order valence-electron chi connectivity index (χ3n) is 1.82. The Morgan fingerprint density at radius 1 is 1.33 bits per heavy atom. The molecule has 0 aliphatic carbocycles. The zero-order valence-corrected chi connectivity index (χ0v) is 12.1. The summed E-state index contributed by atoms with van der Waals surface area (Å²) in [6, 6.07) is 0. The molecule has 0 aromatic carbocycles. The van der Waals surface area contributed by atoms with Gasteiger partial charge in [0.1, 0.15) is 6.10 Å². The van der Waals surface area contributed by atoms with E-state index in [0.717, 1.165) is 0 Å². The highest BCUT2D eigenvalue weighted by Crippen LogP contribution is 2.19. The summed E-state index contributed by atoms with van der Waals surface area (Å²) in [5.41, 5.74) is 0.342. The highest BCUT2D eigenvalue weighted by molar-refractivity contribution is 5.87. The fourth-order valence-electron chi connectivity index (χ4n) is 1.27. The highest BCUT2D eigenvalue weighted by atomic mass is 16.8. The molecule has 0 aromatic rings. The highest BCUT2D eigenvalue weighted by Gasteiger charge is 2.28. The number of rotatable bonds is 7. The minimum atomic E-state index is -1.29. The number of carbonyl (C=O) groups is 1. The molecule has 0 fully saturated rings. The normalized spacial score (nSPS) is 14.2. The van der Waals surface area contributed by atoms with E-state index in [4.69, 9.17) is 14.2 Å². The lowest BCUT2D eigenvalue weighted by Gasteiger charge is -2.33. The molecule has 1 N–H and O–H groups in total. The summed E-state index contributed by atoms with van der Waals surface area (Å²) in [7, 11) is 0. The van der Waals surface area contributed by atoms with Crippen LogP contribution in [-0.2, 0) is 19.0 Å². The van der Waals surface area contributed by atoms with Gasteiger partial charge in [-0.05, 0) is 41.5 Å². The fraction of sp³-hybridized carbons (Fsp3) is 0.769. The van der Waals surface area contributed by atoms with Crippen LogP contribution in [0.3, 0.4) is 0 Å². The van der Waals surface area contributed by atoms with E-state index in [1.165, 1.54) is 13.8 Å². The second-order valence-corrected chi connectivity index (χ2v) is 5.26. The number of esters is 1. The zero-order chi connectivity index (χ0) is 14.6. The van der Waals surface area contributed by atoms with E-state index in [1.54, 1.807) is 27.7 Å². The summed E-state index contributed by atoms with van der Waals surface area (Å²) in [4.78, 5) is 11.3. The fourth-order valence-corrected chi connectivity index (χ4v) is 1.27. The minimum Gasteiger partial charge on any atom is -0.457 e. The van der Waals surface area contributed by atoms with Gasteiger partial charge in [-0.1, -0.05) is 6.58 Å². The molecule has 0 aromatic heterocycles. The van der Waals surface area contributed by atoms with Gasteiger partial charge < -0.3 is 19.3 Å². The molecule has 5 nitrogen and oxygen atoms in total. The van der Waals surface area contributed by atoms with Gasteiger partial charge in [0.2, 0.25) is 0 Å². The van der Waals surface area contributed by atoms with E-state index in [2.05, 4.69) is 6.58 Å². The lowest BCUT2D eigenvalue weighted by atomic mass is 10.3. The quantitative estimate of drug-likeness (QED) is 0.431. The van der Waals surface area contributed by atoms with Crippen LogP contribution >= 0.6 is 0 Å². The molecule has 5 heteroatoms. The lowest BCUT2D eigenvalue weighted by Crippen LogP contribution is -2.40. The summed E-state index contributed by atoms with van der Waals surface area (Å²) in [6.45, 7) is 13.3. The van der Waals surface area contributed by atoms with Gasteiger partial charge in [-0.15, -0.1) is 0 Å². The number of carbonyl (C=O) groups excluding carboxylic acids is 1. The van der Waals surface area contributed by atoms with Gasteiger partial charge in [0.15, 0.2) is 11.6 Å². The molecule has 0 radical (unpaired) electrons. The standard InChI is InChI=1S/C13H24O5/c1-9(2)11(14)17-10(3)8-16-13(6,7)18-12(4,5)15/h10,15H,1,8H2,2-7H3. The van der Waals surface area contributed by atoms with E-state index >= 15 is 0 Å². The maximum absolute atomic E-state index is 11.3. The number of aliphatic hydroxyl groups is 1. The van der Waals surface area contributed by atoms with E-state index in [-0.39, 0.29) is 6.61 Å². The van der Waals surface area contributed by atoms with Crippen LogP contribution in [0.5, 0.6) is 0 Å². The summed E-state index contributed by atoms with van der Waals surface area (Å²) in [5.74, 6) is -2.71. The molecule has 0 rings (SSSR count). The van der Waals surface area contributed by atoms with Crippen LogP contribution in [0.1, 0.15) is 41.5 Å². The average molecular weight is 260 g/mol. The maximum Gasteiger partial charge on any atom is 0.333 e. The molecule has 0 saturated heterocycles. The first kappa shape index (κ1) is 17.1. The number of hydrogen-bond acceptors (Lipinski definition) is 5. The van der Waals surface area contributed by atoms with Crippen molar-refractivity contribution >= 4 is 5.97 Å². The summed E-state index contributed by atoms with van der Waals surface area (Å²) >= 11 is 0. The lowest BCUT2D eigenvalue weighted by molar-refractivity contribution is -0.323. The molecule has 0 spiro atoms. The summed E-state index contributed by atoms with van der Waals surface area (Å²) in [5, 5.41) is 9.54. The SMILES string of the molecule is C=C(C)C(=O)OC(C)COC(C)(C)OC(C)(C)O. The Hall–Kier alpha value is -0.910. The van der Waals surface area contributed by atoms with E-state index in [9.17, 15) is 9.90 Å². The number of ether oxygens (including phenoxy) is 3. The molecule has 106 valence electrons. The van der Waals surface area contributed by atoms with Crippen molar-refractivity contribution in [3.8, 4) is 0 Å². The molecule has 0 bridgehead atoms. The molecule has 0 heterocycles. The van der Waals surface area contributed by atoms with Crippen molar-refractivity contribution in [1.82, 2.24) is 0 Å². The second kappa shape index (κ2) is 6.31. The molecular weight excluding hydrogens is 236 g/mol. The van der Waals surface area contributed by atoms with E-state index < -0.39 is 23.6 Å². The van der Waals surface area contributed by atoms with Crippen molar-refractivity contribution in [2.75, 3.05) is 6.61 Å². The van der Waals surface area contributed by atoms with Crippen molar-refractivity contribution in [2.45, 2.75) is 59.2 Å². The van der Waals surface area contributed by atoms with Gasteiger partial charge in [-0.25, -0.2) is 4.79 Å². The molecule has 18 heavy (non-hydrogen) atoms. The molecule has 0 saturated carbocycles. The van der Waals surface area contributed by atoms with Gasteiger partial charge >= 0.3 is 5.97 Å². The molecule has 1 unspecified atom stereocenters. The Morgan fingerprint density at radius 2 is 1.83 bits per heavy atom. The first-order valence-electron chi connectivity index (χ1n) is 5.86. The van der Waals surface area contributed by atoms with E-state index in [1.807, 2.05) is 0 Å². The Balaban J connectivity index is 4.15. The molecule has 0 aliphatic rings. The predicted octanol–water partition coefficient (Wildman–Crippen LogP) is 1.99. The van der Waals surface area contributed by atoms with Gasteiger partial charge in [0.05, 0.1) is 6.61 Å². The Bertz CT molecular complexity index is 301. The summed E-state index contributed by atoms with van der Waals surface area (Å²) < 4.78 is 15.8. The molecule has 0 amide bonds. The monoisotopic (exact) mass is 260 g/mol. The van der Waals surface area contributed by atoms with Crippen LogP contribution in [0.15, 0.2) is 12.2 Å². The third-order valence-corrected chi connectivity index (χ3v) is 1.82. The number of hydrogen-bond donors (Lipinski definition) is 1. The van der Waals surface area contributed by atoms with Crippen LogP contribution in [0.4, 0.5) is 0 Å². The van der Waals surface area contributed by atoms with Gasteiger partial charge in [0, 0.05) is 5.57 Å². The molecular formula is C13H24O5. The second-order valence-electron chi connectivity index (χ2n) is 5.26. The molecule has 0 aliphatic heterocycles. The van der Waals surface area contributed by atoms with Crippen molar-refractivity contribution < 1.29 is 24.1 Å². The van der Waals surface area contributed by atoms with Crippen LogP contribution in [0.2, 0.25) is 0 Å². The Morgan fingerprint density at radius 3 is 2.22 bits per heavy atom. The maximum atomic E-state index is 11.3. The van der Waals surface area contributed by atoms with Crippen molar-refractivity contribution in [1.29, 1.82) is 0 Å². The van der Waals surface area contributed by atoms with E-state index in [0.29, 0.717) is 5.57 Å². The van der Waals surface area contributed by atoms with Gasteiger partial charge in [-0.2, -0.15) is 0 Å². The Labute approximate surface area is 109 Å². The summed E-state index contributed by atoms with van der Waals surface area (Å²) in [6.07, 6.45) is -0.418. The van der Waals surface area contributed by atoms with Crippen LogP contribution in [0, 0.1) is 0 Å². The van der Waals surface area contributed by atoms with Crippen LogP contribution in [0.25, 0.3) is 0 Å². The minimum absolute atomic E-state index is 0.169. The first-order valence-corrected chi connectivity index (χ1v) is 5.86. The van der Waals surface area contributed by atoms with Gasteiger partial charge in [-0.3, -0.25) is 0 Å². The third kappa shape index (κ3) is 8.22. The smallest absolute Gasteiger partial charge is 0.333 e. The van der Waals surface area contributed by atoms with Crippen LogP contribution < -0.4 is 0 Å². The van der Waals surface area contributed by atoms with Crippen LogP contribution in [-0.4, -0.2) is 35.4 Å². The largest absolute Gasteiger partial charge is 0.457 e. The van der Waals surface area contributed by atoms with Gasteiger partial charge in [0.25, 0.3) is 0 Å².